The second kappa shape index (κ2) is 7.44. The molecule has 0 saturated carbocycles. The molecule has 0 amide bonds. The predicted molar refractivity (Wildman–Crippen MR) is 109 cm³/mol. The Morgan fingerprint density at radius 2 is 1.64 bits per heavy atom. The number of aryl methyl sites for hydroxylation is 4. The van der Waals surface area contributed by atoms with E-state index in [0.717, 1.165) is 31.2 Å². The third kappa shape index (κ3) is 3.22. The average molecular weight is 377 g/mol. The van der Waals surface area contributed by atoms with Gasteiger partial charge in [0.25, 0.3) is 0 Å². The molecule has 5 aliphatic rings. The molecule has 0 spiro atoms. The predicted octanol–water partition coefficient (Wildman–Crippen LogP) is 4.11. The Kier molecular flexibility index (Phi) is 4.98. The highest BCUT2D eigenvalue weighted by molar-refractivity contribution is 5.91. The Hall–Kier alpha value is -2.59. The van der Waals surface area contributed by atoms with Crippen molar-refractivity contribution in [3.05, 3.63) is 82.1 Å². The van der Waals surface area contributed by atoms with Gasteiger partial charge in [-0.3, -0.25) is 0 Å². The Morgan fingerprint density at radius 1 is 1.04 bits per heavy atom. The molecule has 0 fully saturated rings. The van der Waals surface area contributed by atoms with Crippen LogP contribution in [-0.4, -0.2) is 24.7 Å². The van der Waals surface area contributed by atoms with Crippen LogP contribution < -0.4 is 0 Å². The molecule has 1 heterocycles. The number of likely N-dealkylation sites (N-methyl/N-ethyl adjacent to an activating group) is 1. The summed E-state index contributed by atoms with van der Waals surface area (Å²) in [5, 5.41) is 1.77. The van der Waals surface area contributed by atoms with Gasteiger partial charge in [-0.25, -0.2) is 4.79 Å². The zero-order valence-corrected chi connectivity index (χ0v) is 16.8. The molecule has 1 aliphatic heterocycles. The van der Waals surface area contributed by atoms with E-state index in [2.05, 4.69) is 42.5 Å². The summed E-state index contributed by atoms with van der Waals surface area (Å²) in [6.07, 6.45) is 5.38. The summed E-state index contributed by atoms with van der Waals surface area (Å²) in [7, 11) is 1.88. The molecule has 1 atom stereocenters. The summed E-state index contributed by atoms with van der Waals surface area (Å²) in [4.78, 5) is 18.3. The SMILES string of the molecule is CCOC(=O)C1=CON(C)C1(C)c1cc2ccc1CCc1ccc(cc1)CC2. The van der Waals surface area contributed by atoms with Crippen molar-refractivity contribution in [2.45, 2.75) is 45.1 Å². The van der Waals surface area contributed by atoms with Crippen molar-refractivity contribution >= 4 is 5.97 Å². The largest absolute Gasteiger partial charge is 0.462 e. The summed E-state index contributed by atoms with van der Waals surface area (Å²) >= 11 is 0. The van der Waals surface area contributed by atoms with Gasteiger partial charge in [0.1, 0.15) is 17.4 Å². The lowest BCUT2D eigenvalue weighted by Crippen LogP contribution is -2.41. The number of esters is 1. The molecule has 0 aromatic heterocycles. The van der Waals surface area contributed by atoms with E-state index >= 15 is 0 Å². The maximum Gasteiger partial charge on any atom is 0.339 e. The van der Waals surface area contributed by atoms with Crippen LogP contribution >= 0.6 is 0 Å². The van der Waals surface area contributed by atoms with Gasteiger partial charge in [-0.2, -0.15) is 0 Å². The lowest BCUT2D eigenvalue weighted by Gasteiger charge is -2.34. The first-order chi connectivity index (χ1) is 13.5. The molecule has 0 N–H and O–H groups in total. The van der Waals surface area contributed by atoms with Crippen molar-refractivity contribution < 1.29 is 14.4 Å². The van der Waals surface area contributed by atoms with E-state index < -0.39 is 5.54 Å². The van der Waals surface area contributed by atoms with Gasteiger partial charge in [0.2, 0.25) is 0 Å². The molecular formula is C24H27NO3. The monoisotopic (exact) mass is 377 g/mol. The van der Waals surface area contributed by atoms with E-state index in [1.165, 1.54) is 28.5 Å². The number of nitrogens with zero attached hydrogens (tertiary/aromatic N) is 1. The minimum Gasteiger partial charge on any atom is -0.462 e. The van der Waals surface area contributed by atoms with Gasteiger partial charge < -0.3 is 9.57 Å². The quantitative estimate of drug-likeness (QED) is 0.755. The summed E-state index contributed by atoms with van der Waals surface area (Å²) in [5.74, 6) is -0.318. The zero-order valence-electron chi connectivity index (χ0n) is 16.8. The van der Waals surface area contributed by atoms with Gasteiger partial charge in [-0.15, -0.1) is 5.06 Å². The fourth-order valence-electron chi connectivity index (χ4n) is 4.18. The molecule has 4 nitrogen and oxygen atoms in total. The number of carbonyl (C=O) groups excluding carboxylic acids is 1. The lowest BCUT2D eigenvalue weighted by molar-refractivity contribution is -0.143. The fraction of sp³-hybridized carbons (Fsp3) is 0.375. The minimum atomic E-state index is -0.676. The molecule has 28 heavy (non-hydrogen) atoms. The van der Waals surface area contributed by atoms with Crippen molar-refractivity contribution in [1.29, 1.82) is 0 Å². The van der Waals surface area contributed by atoms with E-state index in [1.807, 2.05) is 20.9 Å². The fourth-order valence-corrected chi connectivity index (χ4v) is 4.18. The van der Waals surface area contributed by atoms with Crippen LogP contribution in [0.1, 0.15) is 41.7 Å². The van der Waals surface area contributed by atoms with E-state index in [1.54, 1.807) is 5.06 Å². The highest BCUT2D eigenvalue weighted by atomic mass is 16.7. The van der Waals surface area contributed by atoms with Crippen LogP contribution in [0.4, 0.5) is 0 Å². The number of hydroxylamine groups is 2. The number of hydrogen-bond donors (Lipinski definition) is 0. The first-order valence-corrected chi connectivity index (χ1v) is 10.0. The molecule has 4 bridgehead atoms. The molecule has 2 aromatic carbocycles. The first-order valence-electron chi connectivity index (χ1n) is 10.0. The number of carbonyl (C=O) groups is 1. The number of hydrogen-bond acceptors (Lipinski definition) is 4. The molecule has 0 saturated heterocycles. The molecule has 4 aliphatic carbocycles. The maximum atomic E-state index is 12.7. The van der Waals surface area contributed by atoms with Crippen LogP contribution in [0.15, 0.2) is 54.3 Å². The Labute approximate surface area is 166 Å². The number of rotatable bonds is 3. The topological polar surface area (TPSA) is 38.8 Å². The Balaban J connectivity index is 1.78. The van der Waals surface area contributed by atoms with Crippen LogP contribution in [0.3, 0.4) is 0 Å². The zero-order chi connectivity index (χ0) is 19.7. The number of benzene rings is 2. The van der Waals surface area contributed by atoms with Crippen molar-refractivity contribution in [2.75, 3.05) is 13.7 Å². The summed E-state index contributed by atoms with van der Waals surface area (Å²) in [5.41, 5.74) is 6.20. The Bertz CT molecular complexity index is 916. The highest BCUT2D eigenvalue weighted by Gasteiger charge is 2.47. The highest BCUT2D eigenvalue weighted by Crippen LogP contribution is 2.42. The summed E-state index contributed by atoms with van der Waals surface area (Å²) < 4.78 is 5.32. The third-order valence-electron chi connectivity index (χ3n) is 6.09. The van der Waals surface area contributed by atoms with Gasteiger partial charge in [-0.05, 0) is 67.3 Å². The van der Waals surface area contributed by atoms with Gasteiger partial charge in [0.15, 0.2) is 0 Å². The van der Waals surface area contributed by atoms with Crippen LogP contribution in [0.2, 0.25) is 0 Å². The number of ether oxygens (including phenoxy) is 1. The molecule has 146 valence electrons. The van der Waals surface area contributed by atoms with Crippen molar-refractivity contribution in [3.8, 4) is 0 Å². The first kappa shape index (κ1) is 18.8. The van der Waals surface area contributed by atoms with Gasteiger partial charge in [0.05, 0.1) is 6.61 Å². The summed E-state index contributed by atoms with van der Waals surface area (Å²) in [6, 6.07) is 15.6. The summed E-state index contributed by atoms with van der Waals surface area (Å²) in [6.45, 7) is 4.22. The maximum absolute atomic E-state index is 12.7. The molecular weight excluding hydrogens is 350 g/mol. The van der Waals surface area contributed by atoms with Gasteiger partial charge >= 0.3 is 5.97 Å². The minimum absolute atomic E-state index is 0.318. The van der Waals surface area contributed by atoms with Crippen LogP contribution in [0.25, 0.3) is 0 Å². The van der Waals surface area contributed by atoms with Crippen LogP contribution in [-0.2, 0) is 45.6 Å². The standard InChI is InChI=1S/C24H27NO3/c1-4-27-23(26)22-16-28-25(3)24(22,2)21-15-19-10-9-17-5-7-18(8-6-17)11-13-20(21)14-12-19/h5-8,12,14-16H,4,9-11,13H2,1-3H3. The normalized spacial score (nSPS) is 21.6. The van der Waals surface area contributed by atoms with Crippen molar-refractivity contribution in [1.82, 2.24) is 5.06 Å². The third-order valence-corrected chi connectivity index (χ3v) is 6.09. The van der Waals surface area contributed by atoms with Crippen molar-refractivity contribution in [2.24, 2.45) is 0 Å². The van der Waals surface area contributed by atoms with Crippen LogP contribution in [0, 0.1) is 0 Å². The average Bonchev–Trinajstić information content (AvgIpc) is 3.00. The smallest absolute Gasteiger partial charge is 0.339 e. The van der Waals surface area contributed by atoms with E-state index in [4.69, 9.17) is 9.57 Å². The van der Waals surface area contributed by atoms with E-state index in [-0.39, 0.29) is 5.97 Å². The second-order valence-electron chi connectivity index (χ2n) is 7.74. The molecule has 1 unspecified atom stereocenters. The second-order valence-corrected chi connectivity index (χ2v) is 7.74. The Morgan fingerprint density at radius 3 is 2.32 bits per heavy atom. The van der Waals surface area contributed by atoms with E-state index in [9.17, 15) is 4.79 Å². The van der Waals surface area contributed by atoms with Gasteiger partial charge in [0, 0.05) is 7.05 Å². The van der Waals surface area contributed by atoms with Crippen LogP contribution in [0.5, 0.6) is 0 Å². The van der Waals surface area contributed by atoms with Gasteiger partial charge in [-0.1, -0.05) is 42.5 Å². The molecule has 0 radical (unpaired) electrons. The lowest BCUT2D eigenvalue weighted by atomic mass is 9.79. The molecule has 4 heteroatoms. The van der Waals surface area contributed by atoms with E-state index in [0.29, 0.717) is 12.2 Å². The molecule has 2 aromatic rings. The molecule has 7 rings (SSSR count). The van der Waals surface area contributed by atoms with Crippen molar-refractivity contribution in [3.63, 3.8) is 0 Å².